The second-order valence-corrected chi connectivity index (χ2v) is 7.97. The van der Waals surface area contributed by atoms with Crippen LogP contribution in [0.5, 0.6) is 0 Å². The summed E-state index contributed by atoms with van der Waals surface area (Å²) in [4.78, 5) is 23.8. The van der Waals surface area contributed by atoms with E-state index in [0.29, 0.717) is 18.8 Å². The molecule has 0 aromatic heterocycles. The molecule has 0 bridgehead atoms. The molecular weight excluding hydrogens is 344 g/mol. The predicted molar refractivity (Wildman–Crippen MR) is 102 cm³/mol. The van der Waals surface area contributed by atoms with Gasteiger partial charge in [-0.1, -0.05) is 25.2 Å². The van der Waals surface area contributed by atoms with Gasteiger partial charge in [-0.15, -0.1) is 0 Å². The van der Waals surface area contributed by atoms with Crippen LogP contribution in [-0.2, 0) is 23.8 Å². The number of cyclic esters (lactones) is 1. The zero-order valence-corrected chi connectivity index (χ0v) is 16.5. The second kappa shape index (κ2) is 9.54. The fraction of sp³-hybridized carbons (Fsp3) is 0.727. The van der Waals surface area contributed by atoms with Crippen molar-refractivity contribution in [3.63, 3.8) is 0 Å². The predicted octanol–water partition coefficient (Wildman–Crippen LogP) is 4.11. The summed E-state index contributed by atoms with van der Waals surface area (Å²) in [5.41, 5.74) is 1.31. The maximum absolute atomic E-state index is 12.1. The van der Waals surface area contributed by atoms with Crippen molar-refractivity contribution in [2.75, 3.05) is 7.11 Å². The largest absolute Gasteiger partial charge is 0.462 e. The molecule has 3 aliphatic rings. The minimum atomic E-state index is -0.161. The maximum Gasteiger partial charge on any atom is 0.308 e. The van der Waals surface area contributed by atoms with Crippen LogP contribution in [0.15, 0.2) is 23.8 Å². The van der Waals surface area contributed by atoms with E-state index in [1.807, 2.05) is 6.92 Å². The summed E-state index contributed by atoms with van der Waals surface area (Å²) in [6.45, 7) is 2.00. The van der Waals surface area contributed by atoms with Gasteiger partial charge in [-0.3, -0.25) is 9.59 Å². The van der Waals surface area contributed by atoms with Gasteiger partial charge < -0.3 is 14.2 Å². The first-order valence-electron chi connectivity index (χ1n) is 10.4. The molecule has 5 atom stereocenters. The molecule has 27 heavy (non-hydrogen) atoms. The van der Waals surface area contributed by atoms with Gasteiger partial charge in [0.25, 0.3) is 0 Å². The second-order valence-electron chi connectivity index (χ2n) is 7.97. The van der Waals surface area contributed by atoms with E-state index in [1.54, 1.807) is 7.11 Å². The van der Waals surface area contributed by atoms with E-state index in [1.165, 1.54) is 5.57 Å². The summed E-state index contributed by atoms with van der Waals surface area (Å²) in [7, 11) is 1.65. The molecular formula is C22H32O5. The van der Waals surface area contributed by atoms with Crippen LogP contribution in [-0.4, -0.2) is 37.4 Å². The van der Waals surface area contributed by atoms with Crippen molar-refractivity contribution in [1.29, 1.82) is 0 Å². The fourth-order valence-electron chi connectivity index (χ4n) is 4.69. The van der Waals surface area contributed by atoms with Gasteiger partial charge in [-0.05, 0) is 50.0 Å². The molecule has 1 fully saturated rings. The molecule has 5 heteroatoms. The number of methoxy groups -OCH3 is 1. The van der Waals surface area contributed by atoms with Gasteiger partial charge in [-0.2, -0.15) is 0 Å². The molecule has 5 unspecified atom stereocenters. The number of fused-ring (bicyclic) bond motifs is 1. The van der Waals surface area contributed by atoms with Crippen LogP contribution >= 0.6 is 0 Å². The zero-order valence-electron chi connectivity index (χ0n) is 16.5. The third-order valence-electron chi connectivity index (χ3n) is 6.02. The van der Waals surface area contributed by atoms with Crippen molar-refractivity contribution in [3.05, 3.63) is 23.8 Å². The van der Waals surface area contributed by atoms with E-state index < -0.39 is 0 Å². The van der Waals surface area contributed by atoms with Crippen molar-refractivity contribution in [1.82, 2.24) is 0 Å². The van der Waals surface area contributed by atoms with Crippen molar-refractivity contribution >= 4 is 11.9 Å². The highest BCUT2D eigenvalue weighted by atomic mass is 16.6. The normalized spacial score (nSPS) is 33.0. The number of carbonyl (C=O) groups is 2. The van der Waals surface area contributed by atoms with Gasteiger partial charge in [0.05, 0.1) is 12.5 Å². The maximum atomic E-state index is 12.1. The highest BCUT2D eigenvalue weighted by Crippen LogP contribution is 2.41. The van der Waals surface area contributed by atoms with E-state index in [4.69, 9.17) is 14.2 Å². The summed E-state index contributed by atoms with van der Waals surface area (Å²) < 4.78 is 16.8. The average molecular weight is 376 g/mol. The Balaban J connectivity index is 1.62. The zero-order chi connectivity index (χ0) is 19.2. The van der Waals surface area contributed by atoms with Crippen LogP contribution in [0.3, 0.4) is 0 Å². The molecule has 0 aromatic rings. The van der Waals surface area contributed by atoms with E-state index in [9.17, 15) is 9.59 Å². The van der Waals surface area contributed by atoms with Gasteiger partial charge in [0.1, 0.15) is 12.2 Å². The van der Waals surface area contributed by atoms with Gasteiger partial charge in [0, 0.05) is 25.9 Å². The Morgan fingerprint density at radius 2 is 2.19 bits per heavy atom. The molecule has 0 saturated carbocycles. The molecule has 0 spiro atoms. The van der Waals surface area contributed by atoms with Crippen LogP contribution in [0, 0.1) is 11.8 Å². The van der Waals surface area contributed by atoms with E-state index in [2.05, 4.69) is 18.2 Å². The van der Waals surface area contributed by atoms with E-state index in [0.717, 1.165) is 44.9 Å². The number of carbonyl (C=O) groups excluding carboxylic acids is 2. The summed E-state index contributed by atoms with van der Waals surface area (Å²) in [6.07, 6.45) is 13.7. The van der Waals surface area contributed by atoms with Crippen LogP contribution < -0.4 is 0 Å². The lowest BCUT2D eigenvalue weighted by atomic mass is 9.70. The third kappa shape index (κ3) is 5.22. The lowest BCUT2D eigenvalue weighted by Gasteiger charge is -2.39. The molecule has 1 saturated heterocycles. The van der Waals surface area contributed by atoms with Crippen molar-refractivity contribution in [2.24, 2.45) is 11.8 Å². The molecule has 0 radical (unpaired) electrons. The standard InChI is InChI=1S/C22H32O5/c1-3-6-20(23)27-19-10-5-9-15-7-4-8-16(22(15)19)11-12-17-13-18(25-2)14-21(24)26-17/h4,7,9,16-19,22H,3,5-6,8,10-14H2,1-2H3. The fourth-order valence-corrected chi connectivity index (χ4v) is 4.69. The summed E-state index contributed by atoms with van der Waals surface area (Å²) in [5, 5.41) is 0. The first kappa shape index (κ1) is 20.1. The van der Waals surface area contributed by atoms with E-state index >= 15 is 0 Å². The van der Waals surface area contributed by atoms with E-state index in [-0.39, 0.29) is 36.2 Å². The molecule has 2 aliphatic carbocycles. The highest BCUT2D eigenvalue weighted by molar-refractivity contribution is 5.71. The van der Waals surface area contributed by atoms with Gasteiger partial charge in [0.2, 0.25) is 0 Å². The Labute approximate surface area is 162 Å². The molecule has 1 aliphatic heterocycles. The minimum Gasteiger partial charge on any atom is -0.462 e. The first-order chi connectivity index (χ1) is 13.1. The lowest BCUT2D eigenvalue weighted by molar-refractivity contribution is -0.162. The average Bonchev–Trinajstić information content (AvgIpc) is 2.66. The Kier molecular flexibility index (Phi) is 7.11. The number of ether oxygens (including phenoxy) is 3. The molecule has 0 aromatic carbocycles. The monoisotopic (exact) mass is 376 g/mol. The minimum absolute atomic E-state index is 0.0281. The third-order valence-corrected chi connectivity index (χ3v) is 6.02. The number of hydrogen-bond donors (Lipinski definition) is 0. The van der Waals surface area contributed by atoms with Crippen molar-refractivity contribution in [3.8, 4) is 0 Å². The Hall–Kier alpha value is -1.62. The number of esters is 2. The summed E-state index contributed by atoms with van der Waals surface area (Å²) in [6, 6.07) is 0. The number of rotatable bonds is 7. The summed E-state index contributed by atoms with van der Waals surface area (Å²) >= 11 is 0. The smallest absolute Gasteiger partial charge is 0.308 e. The van der Waals surface area contributed by atoms with Gasteiger partial charge in [0.15, 0.2) is 0 Å². The molecule has 5 nitrogen and oxygen atoms in total. The van der Waals surface area contributed by atoms with Crippen LogP contribution in [0.4, 0.5) is 0 Å². The summed E-state index contributed by atoms with van der Waals surface area (Å²) in [5.74, 6) is 0.442. The highest BCUT2D eigenvalue weighted by Gasteiger charge is 2.38. The number of hydrogen-bond acceptors (Lipinski definition) is 5. The topological polar surface area (TPSA) is 61.8 Å². The Morgan fingerprint density at radius 1 is 1.33 bits per heavy atom. The molecule has 0 N–H and O–H groups in total. The molecule has 3 rings (SSSR count). The van der Waals surface area contributed by atoms with Crippen molar-refractivity contribution in [2.45, 2.75) is 83.0 Å². The SMILES string of the molecule is CCCC(=O)OC1CCC=C2C=CCC(CCC3CC(OC)CC(=O)O3)C21. The molecule has 150 valence electrons. The van der Waals surface area contributed by atoms with Crippen molar-refractivity contribution < 1.29 is 23.8 Å². The van der Waals surface area contributed by atoms with Gasteiger partial charge in [-0.25, -0.2) is 0 Å². The number of allylic oxidation sites excluding steroid dienone is 3. The van der Waals surface area contributed by atoms with Gasteiger partial charge >= 0.3 is 11.9 Å². The van der Waals surface area contributed by atoms with Crippen LogP contribution in [0.25, 0.3) is 0 Å². The lowest BCUT2D eigenvalue weighted by Crippen LogP contribution is -2.38. The molecule has 0 amide bonds. The quantitative estimate of drug-likeness (QED) is 0.626. The Morgan fingerprint density at radius 3 is 2.96 bits per heavy atom. The van der Waals surface area contributed by atoms with Crippen LogP contribution in [0.2, 0.25) is 0 Å². The van der Waals surface area contributed by atoms with Crippen LogP contribution in [0.1, 0.15) is 64.7 Å². The first-order valence-corrected chi connectivity index (χ1v) is 10.4. The molecule has 1 heterocycles. The Bertz CT molecular complexity index is 594.